The van der Waals surface area contributed by atoms with Crippen LogP contribution < -0.4 is 15.8 Å². The van der Waals surface area contributed by atoms with Gasteiger partial charge in [0.15, 0.2) is 11.6 Å². The van der Waals surface area contributed by atoms with E-state index in [-0.39, 0.29) is 29.3 Å². The van der Waals surface area contributed by atoms with Crippen molar-refractivity contribution in [3.8, 4) is 5.75 Å². The highest BCUT2D eigenvalue weighted by atomic mass is 32.1. The molecule has 1 amide bonds. The summed E-state index contributed by atoms with van der Waals surface area (Å²) >= 11 is 1.03. The number of carbonyl (C=O) groups is 4. The van der Waals surface area contributed by atoms with Gasteiger partial charge in [0.25, 0.3) is 0 Å². The van der Waals surface area contributed by atoms with Crippen LogP contribution >= 0.6 is 11.3 Å². The molecule has 1 heterocycles. The van der Waals surface area contributed by atoms with Gasteiger partial charge in [-0.1, -0.05) is 0 Å². The Kier molecular flexibility index (Phi) is 8.41. The maximum Gasteiger partial charge on any atom is 0.353 e. The quantitative estimate of drug-likeness (QED) is 0.177. The molecule has 0 radical (unpaired) electrons. The van der Waals surface area contributed by atoms with Gasteiger partial charge >= 0.3 is 17.9 Å². The van der Waals surface area contributed by atoms with Gasteiger partial charge in [0.1, 0.15) is 16.8 Å². The highest BCUT2D eigenvalue weighted by Crippen LogP contribution is 2.23. The number of nitrogens with two attached hydrogens (primary N) is 1. The normalized spacial score (nSPS) is 12.1. The van der Waals surface area contributed by atoms with Crippen molar-refractivity contribution < 1.29 is 38.5 Å². The molecule has 0 unspecified atom stereocenters. The SMILES string of the molecule is CN=C(N)c1ccc(OC(=O)c2ccc(CCC(=O)N[C@@H](CC(=O)O)C(=O)O)s2)c(F)c1. The van der Waals surface area contributed by atoms with Crippen LogP contribution in [0.5, 0.6) is 5.75 Å². The largest absolute Gasteiger partial charge is 0.481 e. The number of aliphatic carboxylic acids is 2. The van der Waals surface area contributed by atoms with E-state index in [9.17, 15) is 23.6 Å². The minimum Gasteiger partial charge on any atom is -0.481 e. The van der Waals surface area contributed by atoms with Gasteiger partial charge in [-0.05, 0) is 36.8 Å². The standard InChI is InChI=1S/C20H20FN3O7S/c1-23-18(22)10-2-5-14(12(21)8-10)31-20(30)15-6-3-11(32-15)4-7-16(25)24-13(19(28)29)9-17(26)27/h2-3,5-6,8,13H,4,7,9H2,1H3,(H2,22,23)(H,24,25)(H,26,27)(H,28,29)/t13-/m0/s1. The summed E-state index contributed by atoms with van der Waals surface area (Å²) in [4.78, 5) is 50.4. The Morgan fingerprint density at radius 3 is 2.53 bits per heavy atom. The van der Waals surface area contributed by atoms with Gasteiger partial charge in [-0.25, -0.2) is 14.0 Å². The summed E-state index contributed by atoms with van der Waals surface area (Å²) in [6, 6.07) is 5.32. The molecule has 0 aliphatic rings. The molecule has 2 aromatic rings. The van der Waals surface area contributed by atoms with E-state index in [4.69, 9.17) is 20.7 Å². The molecule has 2 rings (SSSR count). The summed E-state index contributed by atoms with van der Waals surface area (Å²) in [6.07, 6.45) is -0.678. The molecular weight excluding hydrogens is 445 g/mol. The Morgan fingerprint density at radius 2 is 1.94 bits per heavy atom. The fraction of sp³-hybridized carbons (Fsp3) is 0.250. The van der Waals surface area contributed by atoms with Crippen LogP contribution in [0.4, 0.5) is 4.39 Å². The Balaban J connectivity index is 1.94. The second-order valence-corrected chi connectivity index (χ2v) is 7.63. The summed E-state index contributed by atoms with van der Waals surface area (Å²) in [5, 5.41) is 19.8. The number of carbonyl (C=O) groups excluding carboxylic acids is 2. The number of benzene rings is 1. The second kappa shape index (κ2) is 11.0. The number of carboxylic acid groups (broad SMARTS) is 2. The van der Waals surface area contributed by atoms with Crippen LogP contribution in [0.2, 0.25) is 0 Å². The summed E-state index contributed by atoms with van der Waals surface area (Å²) < 4.78 is 19.2. The third-order valence-electron chi connectivity index (χ3n) is 4.14. The van der Waals surface area contributed by atoms with E-state index in [0.717, 1.165) is 17.4 Å². The number of hydrogen-bond donors (Lipinski definition) is 4. The Hall–Kier alpha value is -3.80. The molecule has 1 aromatic heterocycles. The fourth-order valence-electron chi connectivity index (χ4n) is 2.52. The molecule has 0 aliphatic carbocycles. The molecular formula is C20H20FN3O7S. The third kappa shape index (κ3) is 6.87. The predicted molar refractivity (Wildman–Crippen MR) is 112 cm³/mol. The van der Waals surface area contributed by atoms with Crippen LogP contribution in [-0.4, -0.2) is 53.0 Å². The number of nitrogens with one attached hydrogen (secondary N) is 1. The van der Waals surface area contributed by atoms with Gasteiger partial charge in [0.05, 0.1) is 6.42 Å². The number of carboxylic acids is 2. The number of aliphatic imine (C=N–C) groups is 1. The predicted octanol–water partition coefficient (Wildman–Crippen LogP) is 1.42. The van der Waals surface area contributed by atoms with Crippen LogP contribution in [0.25, 0.3) is 0 Å². The van der Waals surface area contributed by atoms with E-state index in [1.807, 2.05) is 0 Å². The second-order valence-electron chi connectivity index (χ2n) is 6.47. The van der Waals surface area contributed by atoms with E-state index in [1.165, 1.54) is 25.2 Å². The average Bonchev–Trinajstić information content (AvgIpc) is 3.21. The number of amidine groups is 1. The van der Waals surface area contributed by atoms with Crippen molar-refractivity contribution in [1.29, 1.82) is 0 Å². The monoisotopic (exact) mass is 465 g/mol. The molecule has 12 heteroatoms. The number of nitrogens with zero attached hydrogens (tertiary/aromatic N) is 1. The first-order chi connectivity index (χ1) is 15.1. The maximum atomic E-state index is 14.2. The highest BCUT2D eigenvalue weighted by Gasteiger charge is 2.23. The van der Waals surface area contributed by atoms with Gasteiger partial charge in [-0.3, -0.25) is 14.6 Å². The van der Waals surface area contributed by atoms with Crippen LogP contribution in [0.15, 0.2) is 35.3 Å². The molecule has 5 N–H and O–H groups in total. The van der Waals surface area contributed by atoms with Gasteiger partial charge < -0.3 is 26.0 Å². The van der Waals surface area contributed by atoms with Crippen molar-refractivity contribution in [1.82, 2.24) is 5.32 Å². The van der Waals surface area contributed by atoms with Crippen molar-refractivity contribution in [2.75, 3.05) is 7.05 Å². The lowest BCUT2D eigenvalue weighted by Gasteiger charge is -2.11. The molecule has 0 fully saturated rings. The Bertz CT molecular complexity index is 1070. The number of ether oxygens (including phenoxy) is 1. The molecule has 0 saturated heterocycles. The van der Waals surface area contributed by atoms with E-state index in [1.54, 1.807) is 6.07 Å². The smallest absolute Gasteiger partial charge is 0.353 e. The van der Waals surface area contributed by atoms with Gasteiger partial charge in [-0.15, -0.1) is 11.3 Å². The molecule has 0 aliphatic heterocycles. The van der Waals surface area contributed by atoms with Crippen LogP contribution in [0.1, 0.15) is 33.0 Å². The van der Waals surface area contributed by atoms with E-state index >= 15 is 0 Å². The first kappa shape index (κ1) is 24.5. The molecule has 10 nitrogen and oxygen atoms in total. The number of hydrogen-bond acceptors (Lipinski definition) is 7. The van der Waals surface area contributed by atoms with Crippen molar-refractivity contribution in [3.05, 3.63) is 51.5 Å². The zero-order chi connectivity index (χ0) is 23.8. The lowest BCUT2D eigenvalue weighted by atomic mass is 10.2. The third-order valence-corrected chi connectivity index (χ3v) is 5.27. The van der Waals surface area contributed by atoms with E-state index in [0.29, 0.717) is 10.4 Å². The van der Waals surface area contributed by atoms with Gasteiger partial charge in [-0.2, -0.15) is 0 Å². The topological polar surface area (TPSA) is 168 Å². The van der Waals surface area contributed by atoms with Crippen LogP contribution in [0, 0.1) is 5.82 Å². The van der Waals surface area contributed by atoms with Crippen molar-refractivity contribution in [3.63, 3.8) is 0 Å². The summed E-state index contributed by atoms with van der Waals surface area (Å²) in [5.41, 5.74) is 5.96. The van der Waals surface area contributed by atoms with Crippen LogP contribution in [-0.2, 0) is 20.8 Å². The van der Waals surface area contributed by atoms with Crippen molar-refractivity contribution in [2.24, 2.45) is 10.7 Å². The number of thiophene rings is 1. The summed E-state index contributed by atoms with van der Waals surface area (Å²) in [6.45, 7) is 0. The van der Waals surface area contributed by atoms with Gasteiger partial charge in [0, 0.05) is 23.9 Å². The number of amides is 1. The van der Waals surface area contributed by atoms with Crippen molar-refractivity contribution >= 4 is 41.0 Å². The number of rotatable bonds is 10. The molecule has 0 spiro atoms. The number of halogens is 1. The number of esters is 1. The summed E-state index contributed by atoms with van der Waals surface area (Å²) in [5.74, 6) is -5.18. The van der Waals surface area contributed by atoms with Crippen LogP contribution in [0.3, 0.4) is 0 Å². The van der Waals surface area contributed by atoms with Crippen molar-refractivity contribution in [2.45, 2.75) is 25.3 Å². The molecule has 170 valence electrons. The van der Waals surface area contributed by atoms with E-state index in [2.05, 4.69) is 10.3 Å². The highest BCUT2D eigenvalue weighted by molar-refractivity contribution is 7.13. The number of aryl methyl sites for hydroxylation is 1. The first-order valence-corrected chi connectivity index (χ1v) is 9.99. The molecule has 0 bridgehead atoms. The Labute approximate surface area is 185 Å². The first-order valence-electron chi connectivity index (χ1n) is 9.17. The minimum absolute atomic E-state index is 0.116. The molecule has 1 atom stereocenters. The van der Waals surface area contributed by atoms with E-state index < -0.39 is 42.1 Å². The zero-order valence-electron chi connectivity index (χ0n) is 16.8. The molecule has 0 saturated carbocycles. The molecule has 32 heavy (non-hydrogen) atoms. The minimum atomic E-state index is -1.53. The fourth-order valence-corrected chi connectivity index (χ4v) is 3.41. The summed E-state index contributed by atoms with van der Waals surface area (Å²) in [7, 11) is 1.46. The maximum absolute atomic E-state index is 14.2. The lowest BCUT2D eigenvalue weighted by Crippen LogP contribution is -2.42. The zero-order valence-corrected chi connectivity index (χ0v) is 17.6. The Morgan fingerprint density at radius 1 is 1.22 bits per heavy atom. The average molecular weight is 465 g/mol. The molecule has 1 aromatic carbocycles. The lowest BCUT2D eigenvalue weighted by molar-refractivity contribution is -0.147. The van der Waals surface area contributed by atoms with Gasteiger partial charge in [0.2, 0.25) is 5.91 Å².